The van der Waals surface area contributed by atoms with Gasteiger partial charge in [0, 0.05) is 44.7 Å². The van der Waals surface area contributed by atoms with Gasteiger partial charge < -0.3 is 18.8 Å². The first-order valence-corrected chi connectivity index (χ1v) is 11.4. The maximum atomic E-state index is 13.5. The molecule has 2 aromatic rings. The van der Waals surface area contributed by atoms with Gasteiger partial charge in [0.15, 0.2) is 0 Å². The van der Waals surface area contributed by atoms with Gasteiger partial charge in [-0.05, 0) is 44.4 Å². The van der Waals surface area contributed by atoms with Gasteiger partial charge in [-0.15, -0.1) is 0 Å². The molecule has 0 spiro atoms. The van der Waals surface area contributed by atoms with E-state index in [-0.39, 0.29) is 17.8 Å². The molecule has 0 N–H and O–H groups in total. The van der Waals surface area contributed by atoms with Crippen molar-refractivity contribution >= 4 is 11.9 Å². The highest BCUT2D eigenvalue weighted by Gasteiger charge is 2.34. The molecule has 0 saturated carbocycles. The molecule has 2 aliphatic rings. The Labute approximate surface area is 189 Å². The third-order valence-electron chi connectivity index (χ3n) is 6.41. The van der Waals surface area contributed by atoms with Crippen LogP contribution in [0.2, 0.25) is 0 Å². The molecule has 3 heterocycles. The summed E-state index contributed by atoms with van der Waals surface area (Å²) in [6, 6.07) is 8.09. The molecule has 1 aromatic carbocycles. The van der Waals surface area contributed by atoms with E-state index in [1.165, 1.54) is 5.56 Å². The van der Waals surface area contributed by atoms with Crippen LogP contribution in [0.3, 0.4) is 0 Å². The molecule has 2 aliphatic heterocycles. The number of carbonyl (C=O) groups is 2. The third kappa shape index (κ3) is 4.67. The number of likely N-dealkylation sites (tertiary alicyclic amines) is 1. The fourth-order valence-corrected chi connectivity index (χ4v) is 4.76. The minimum absolute atomic E-state index is 0.0344. The van der Waals surface area contributed by atoms with Crippen molar-refractivity contribution in [3.8, 4) is 5.75 Å². The van der Waals surface area contributed by atoms with E-state index in [9.17, 15) is 9.59 Å². The summed E-state index contributed by atoms with van der Waals surface area (Å²) in [5.74, 6) is 1.94. The number of aryl methyl sites for hydroxylation is 1. The van der Waals surface area contributed by atoms with Gasteiger partial charge in [0.05, 0.1) is 25.2 Å². The van der Waals surface area contributed by atoms with Gasteiger partial charge in [0.25, 0.3) is 5.91 Å². The summed E-state index contributed by atoms with van der Waals surface area (Å²) in [4.78, 5) is 29.9. The summed E-state index contributed by atoms with van der Waals surface area (Å²) >= 11 is 0. The average molecular weight is 441 g/mol. The highest BCUT2D eigenvalue weighted by molar-refractivity contribution is 5.97. The van der Waals surface area contributed by atoms with Crippen molar-refractivity contribution < 1.29 is 23.5 Å². The molecule has 32 heavy (non-hydrogen) atoms. The number of methoxy groups -OCH3 is 1. The van der Waals surface area contributed by atoms with E-state index >= 15 is 0 Å². The maximum absolute atomic E-state index is 13.5. The molecular weight excluding hydrogens is 408 g/mol. The highest BCUT2D eigenvalue weighted by atomic mass is 16.5. The van der Waals surface area contributed by atoms with Crippen LogP contribution in [-0.2, 0) is 29.0 Å². The zero-order chi connectivity index (χ0) is 22.7. The maximum Gasteiger partial charge on any atom is 0.310 e. The molecule has 4 rings (SSSR count). The zero-order valence-corrected chi connectivity index (χ0v) is 19.2. The Bertz CT molecular complexity index is 965. The van der Waals surface area contributed by atoms with Crippen molar-refractivity contribution in [2.45, 2.75) is 46.2 Å². The number of hydrogen-bond acceptors (Lipinski definition) is 6. The number of rotatable bonds is 6. The predicted octanol–water partition coefficient (Wildman–Crippen LogP) is 3.57. The largest absolute Gasteiger partial charge is 0.497 e. The lowest BCUT2D eigenvalue weighted by molar-refractivity contribution is -0.149. The summed E-state index contributed by atoms with van der Waals surface area (Å²) in [6.45, 7) is 7.46. The summed E-state index contributed by atoms with van der Waals surface area (Å²) in [7, 11) is 1.66. The molecule has 172 valence electrons. The van der Waals surface area contributed by atoms with Crippen molar-refractivity contribution in [2.75, 3.05) is 33.4 Å². The molecule has 1 aromatic heterocycles. The smallest absolute Gasteiger partial charge is 0.310 e. The Morgan fingerprint density at radius 1 is 1.19 bits per heavy atom. The quantitative estimate of drug-likeness (QED) is 0.640. The minimum atomic E-state index is -0.248. The highest BCUT2D eigenvalue weighted by Crippen LogP contribution is 2.31. The zero-order valence-electron chi connectivity index (χ0n) is 19.2. The standard InChI is InChI=1S/C25H32N2O5/c1-4-31-25(29)19-6-5-12-27(15-19)24(28)23-17(2)32-22-11-13-26(16-21(22)23)14-18-7-9-20(30-3)10-8-18/h7-10,19H,4-6,11-16H2,1-3H3. The molecule has 1 unspecified atom stereocenters. The summed E-state index contributed by atoms with van der Waals surface area (Å²) < 4.78 is 16.4. The number of benzene rings is 1. The first-order chi connectivity index (χ1) is 15.5. The molecule has 7 nitrogen and oxygen atoms in total. The Kier molecular flexibility index (Phi) is 6.84. The lowest BCUT2D eigenvalue weighted by Crippen LogP contribution is -2.43. The van der Waals surface area contributed by atoms with Crippen LogP contribution in [0.5, 0.6) is 5.75 Å². The van der Waals surface area contributed by atoms with E-state index in [2.05, 4.69) is 17.0 Å². The molecule has 7 heteroatoms. The van der Waals surface area contributed by atoms with Crippen LogP contribution in [0.1, 0.15) is 52.8 Å². The van der Waals surface area contributed by atoms with Gasteiger partial charge in [-0.25, -0.2) is 0 Å². The lowest BCUT2D eigenvalue weighted by atomic mass is 9.96. The SMILES string of the molecule is CCOC(=O)C1CCCN(C(=O)c2c(C)oc3c2CN(Cc2ccc(OC)cc2)CC3)C1. The van der Waals surface area contributed by atoms with Gasteiger partial charge in [-0.2, -0.15) is 0 Å². The molecule has 1 atom stereocenters. The van der Waals surface area contributed by atoms with Crippen molar-refractivity contribution in [1.29, 1.82) is 0 Å². The molecule has 1 fully saturated rings. The van der Waals surface area contributed by atoms with E-state index < -0.39 is 0 Å². The molecule has 0 radical (unpaired) electrons. The fourth-order valence-electron chi connectivity index (χ4n) is 4.76. The lowest BCUT2D eigenvalue weighted by Gasteiger charge is -2.32. The Morgan fingerprint density at radius 2 is 1.97 bits per heavy atom. The fraction of sp³-hybridized carbons (Fsp3) is 0.520. The number of ether oxygens (including phenoxy) is 2. The number of hydrogen-bond donors (Lipinski definition) is 0. The normalized spacial score (nSPS) is 18.8. The van der Waals surface area contributed by atoms with E-state index in [0.717, 1.165) is 49.4 Å². The molecule has 0 bridgehead atoms. The van der Waals surface area contributed by atoms with E-state index in [4.69, 9.17) is 13.9 Å². The van der Waals surface area contributed by atoms with E-state index in [0.29, 0.717) is 37.6 Å². The average Bonchev–Trinajstić information content (AvgIpc) is 3.14. The molecular formula is C25H32N2O5. The number of furan rings is 1. The molecule has 0 aliphatic carbocycles. The van der Waals surface area contributed by atoms with Gasteiger partial charge in [-0.3, -0.25) is 14.5 Å². The number of piperidine rings is 1. The first-order valence-electron chi connectivity index (χ1n) is 11.4. The van der Waals surface area contributed by atoms with Crippen molar-refractivity contribution in [3.05, 3.63) is 52.5 Å². The Hall–Kier alpha value is -2.80. The molecule has 1 saturated heterocycles. The number of nitrogens with zero attached hydrogens (tertiary/aromatic N) is 2. The number of fused-ring (bicyclic) bond motifs is 1. The molecule has 1 amide bonds. The topological polar surface area (TPSA) is 72.2 Å². The van der Waals surface area contributed by atoms with Crippen LogP contribution in [-0.4, -0.2) is 55.0 Å². The first kappa shape index (κ1) is 22.4. The van der Waals surface area contributed by atoms with Crippen LogP contribution < -0.4 is 4.74 Å². The summed E-state index contributed by atoms with van der Waals surface area (Å²) in [5.41, 5.74) is 2.87. The van der Waals surface area contributed by atoms with Gasteiger partial charge >= 0.3 is 5.97 Å². The second-order valence-corrected chi connectivity index (χ2v) is 8.59. The van der Waals surface area contributed by atoms with Crippen LogP contribution in [0, 0.1) is 12.8 Å². The number of amides is 1. The third-order valence-corrected chi connectivity index (χ3v) is 6.41. The van der Waals surface area contributed by atoms with Crippen molar-refractivity contribution in [2.24, 2.45) is 5.92 Å². The van der Waals surface area contributed by atoms with Crippen molar-refractivity contribution in [3.63, 3.8) is 0 Å². The monoisotopic (exact) mass is 440 g/mol. The predicted molar refractivity (Wildman–Crippen MR) is 120 cm³/mol. The second kappa shape index (κ2) is 9.77. The minimum Gasteiger partial charge on any atom is -0.497 e. The van der Waals surface area contributed by atoms with Crippen LogP contribution >= 0.6 is 0 Å². The van der Waals surface area contributed by atoms with Crippen LogP contribution in [0.25, 0.3) is 0 Å². The van der Waals surface area contributed by atoms with Gasteiger partial charge in [0.2, 0.25) is 0 Å². The summed E-state index contributed by atoms with van der Waals surface area (Å²) in [5, 5.41) is 0. The van der Waals surface area contributed by atoms with E-state index in [1.807, 2.05) is 26.0 Å². The number of carbonyl (C=O) groups excluding carboxylic acids is 2. The van der Waals surface area contributed by atoms with Gasteiger partial charge in [0.1, 0.15) is 17.3 Å². The summed E-state index contributed by atoms with van der Waals surface area (Å²) in [6.07, 6.45) is 2.35. The Balaban J connectivity index is 1.48. The van der Waals surface area contributed by atoms with Crippen molar-refractivity contribution in [1.82, 2.24) is 9.80 Å². The van der Waals surface area contributed by atoms with Crippen LogP contribution in [0.4, 0.5) is 0 Å². The van der Waals surface area contributed by atoms with E-state index in [1.54, 1.807) is 12.0 Å². The Morgan fingerprint density at radius 3 is 2.69 bits per heavy atom. The van der Waals surface area contributed by atoms with Gasteiger partial charge in [-0.1, -0.05) is 12.1 Å². The van der Waals surface area contributed by atoms with Crippen LogP contribution in [0.15, 0.2) is 28.7 Å². The second-order valence-electron chi connectivity index (χ2n) is 8.59. The number of esters is 1.